The van der Waals surface area contributed by atoms with Gasteiger partial charge in [-0.05, 0) is 13.8 Å². The van der Waals surface area contributed by atoms with Gasteiger partial charge in [0.15, 0.2) is 0 Å². The number of rotatable bonds is 3. The summed E-state index contributed by atoms with van der Waals surface area (Å²) in [4.78, 5) is 21.7. The van der Waals surface area contributed by atoms with Gasteiger partial charge in [0.25, 0.3) is 5.78 Å². The third-order valence-corrected chi connectivity index (χ3v) is 4.49. The zero-order valence-electron chi connectivity index (χ0n) is 13.6. The fraction of sp³-hybridized carbons (Fsp3) is 0.600. The predicted molar refractivity (Wildman–Crippen MR) is 84.2 cm³/mol. The van der Waals surface area contributed by atoms with E-state index >= 15 is 0 Å². The Balaban J connectivity index is 1.82. The van der Waals surface area contributed by atoms with Crippen molar-refractivity contribution in [1.29, 1.82) is 0 Å². The Kier molecular flexibility index (Phi) is 3.91. The normalized spacial score (nSPS) is 17.5. The molecule has 0 bridgehead atoms. The van der Waals surface area contributed by atoms with Crippen molar-refractivity contribution in [2.45, 2.75) is 39.3 Å². The standard InChI is InChI=1S/C15H21FN6O/c1-10-11(2)20-14-18-9-19-22(14)13(10)21-6-4-15(16,5-7-21)8-17-12(3)23/h9H,4-8H2,1-3H3,(H,17,23). The maximum absolute atomic E-state index is 14.8. The Morgan fingerprint density at radius 2 is 2.09 bits per heavy atom. The number of fused-ring (bicyclic) bond motifs is 1. The van der Waals surface area contributed by atoms with Crippen molar-refractivity contribution in [1.82, 2.24) is 24.9 Å². The number of halogens is 1. The molecule has 0 aliphatic carbocycles. The summed E-state index contributed by atoms with van der Waals surface area (Å²) < 4.78 is 16.5. The Hall–Kier alpha value is -2.25. The molecule has 124 valence electrons. The summed E-state index contributed by atoms with van der Waals surface area (Å²) in [6.45, 7) is 6.54. The molecular formula is C15H21FN6O. The molecule has 1 aliphatic rings. The summed E-state index contributed by atoms with van der Waals surface area (Å²) >= 11 is 0. The lowest BCUT2D eigenvalue weighted by Gasteiger charge is -2.38. The van der Waals surface area contributed by atoms with Gasteiger partial charge >= 0.3 is 0 Å². The third kappa shape index (κ3) is 2.97. The number of alkyl halides is 1. The first-order chi connectivity index (χ1) is 10.9. The van der Waals surface area contributed by atoms with Crippen molar-refractivity contribution in [2.24, 2.45) is 0 Å². The smallest absolute Gasteiger partial charge is 0.254 e. The van der Waals surface area contributed by atoms with E-state index in [9.17, 15) is 9.18 Å². The number of hydrogen-bond acceptors (Lipinski definition) is 5. The summed E-state index contributed by atoms with van der Waals surface area (Å²) in [5, 5.41) is 6.83. The lowest BCUT2D eigenvalue weighted by molar-refractivity contribution is -0.119. The van der Waals surface area contributed by atoms with Crippen LogP contribution in [0.1, 0.15) is 31.0 Å². The number of hydrogen-bond donors (Lipinski definition) is 1. The van der Waals surface area contributed by atoms with E-state index in [0.717, 1.165) is 17.1 Å². The van der Waals surface area contributed by atoms with E-state index in [-0.39, 0.29) is 12.5 Å². The number of nitrogens with zero attached hydrogens (tertiary/aromatic N) is 5. The summed E-state index contributed by atoms with van der Waals surface area (Å²) in [7, 11) is 0. The van der Waals surface area contributed by atoms with Crippen LogP contribution >= 0.6 is 0 Å². The highest BCUT2D eigenvalue weighted by Gasteiger charge is 2.36. The summed E-state index contributed by atoms with van der Waals surface area (Å²) in [6, 6.07) is 0. The van der Waals surface area contributed by atoms with Crippen LogP contribution in [0.4, 0.5) is 10.2 Å². The van der Waals surface area contributed by atoms with Crippen molar-refractivity contribution >= 4 is 17.5 Å². The highest BCUT2D eigenvalue weighted by atomic mass is 19.1. The molecule has 1 fully saturated rings. The minimum absolute atomic E-state index is 0.0727. The number of anilines is 1. The van der Waals surface area contributed by atoms with Crippen molar-refractivity contribution in [3.63, 3.8) is 0 Å². The lowest BCUT2D eigenvalue weighted by atomic mass is 9.93. The molecular weight excluding hydrogens is 299 g/mol. The molecule has 0 spiro atoms. The van der Waals surface area contributed by atoms with Gasteiger partial charge in [-0.3, -0.25) is 4.79 Å². The van der Waals surface area contributed by atoms with Crippen molar-refractivity contribution in [2.75, 3.05) is 24.5 Å². The van der Waals surface area contributed by atoms with E-state index in [2.05, 4.69) is 25.3 Å². The molecule has 1 amide bonds. The molecule has 1 aliphatic heterocycles. The summed E-state index contributed by atoms with van der Waals surface area (Å²) in [5.41, 5.74) is 0.576. The third-order valence-electron chi connectivity index (χ3n) is 4.49. The second-order valence-corrected chi connectivity index (χ2v) is 6.17. The molecule has 7 nitrogen and oxygen atoms in total. The molecule has 0 aromatic carbocycles. The Morgan fingerprint density at radius 3 is 2.74 bits per heavy atom. The van der Waals surface area contributed by atoms with Gasteiger partial charge in [-0.2, -0.15) is 14.6 Å². The minimum Gasteiger partial charge on any atom is -0.356 e. The minimum atomic E-state index is -1.35. The zero-order valence-corrected chi connectivity index (χ0v) is 13.6. The van der Waals surface area contributed by atoms with Gasteiger partial charge in [0.1, 0.15) is 17.8 Å². The van der Waals surface area contributed by atoms with Gasteiger partial charge < -0.3 is 10.2 Å². The second kappa shape index (κ2) is 5.75. The van der Waals surface area contributed by atoms with Crippen LogP contribution in [-0.4, -0.2) is 50.8 Å². The molecule has 8 heteroatoms. The molecule has 0 unspecified atom stereocenters. The number of carbonyl (C=O) groups is 1. The highest BCUT2D eigenvalue weighted by Crippen LogP contribution is 2.31. The van der Waals surface area contributed by atoms with Gasteiger partial charge in [-0.1, -0.05) is 0 Å². The van der Waals surface area contributed by atoms with E-state index in [1.54, 1.807) is 4.52 Å². The van der Waals surface area contributed by atoms with Crippen LogP contribution in [0, 0.1) is 13.8 Å². The molecule has 1 N–H and O–H groups in total. The maximum atomic E-state index is 14.8. The highest BCUT2D eigenvalue weighted by molar-refractivity contribution is 5.72. The fourth-order valence-corrected chi connectivity index (χ4v) is 2.97. The number of aryl methyl sites for hydroxylation is 1. The maximum Gasteiger partial charge on any atom is 0.254 e. The van der Waals surface area contributed by atoms with Gasteiger partial charge in [-0.25, -0.2) is 9.37 Å². The number of carbonyl (C=O) groups excluding carboxylic acids is 1. The lowest BCUT2D eigenvalue weighted by Crippen LogP contribution is -2.48. The first kappa shape index (κ1) is 15.6. The molecule has 0 saturated carbocycles. The molecule has 0 radical (unpaired) electrons. The Bertz CT molecular complexity index is 735. The number of piperidine rings is 1. The second-order valence-electron chi connectivity index (χ2n) is 6.17. The zero-order chi connectivity index (χ0) is 16.6. The monoisotopic (exact) mass is 320 g/mol. The Morgan fingerprint density at radius 1 is 1.39 bits per heavy atom. The first-order valence-corrected chi connectivity index (χ1v) is 7.75. The number of aromatic nitrogens is 4. The SMILES string of the molecule is CC(=O)NCC1(F)CCN(c2c(C)c(C)nc3ncnn23)CC1. The molecule has 23 heavy (non-hydrogen) atoms. The summed E-state index contributed by atoms with van der Waals surface area (Å²) in [6.07, 6.45) is 2.21. The first-order valence-electron chi connectivity index (χ1n) is 7.75. The topological polar surface area (TPSA) is 75.4 Å². The molecule has 3 heterocycles. The average molecular weight is 320 g/mol. The summed E-state index contributed by atoms with van der Waals surface area (Å²) in [5.74, 6) is 1.28. The Labute approximate surface area is 133 Å². The van der Waals surface area contributed by atoms with E-state index in [0.29, 0.717) is 31.7 Å². The van der Waals surface area contributed by atoms with Crippen LogP contribution in [0.2, 0.25) is 0 Å². The fourth-order valence-electron chi connectivity index (χ4n) is 2.97. The number of nitrogens with one attached hydrogen (secondary N) is 1. The van der Waals surface area contributed by atoms with E-state index < -0.39 is 5.67 Å². The van der Waals surface area contributed by atoms with Crippen LogP contribution in [0.15, 0.2) is 6.33 Å². The molecule has 3 rings (SSSR count). The van der Waals surface area contributed by atoms with E-state index in [1.165, 1.54) is 13.3 Å². The van der Waals surface area contributed by atoms with Crippen LogP contribution in [-0.2, 0) is 4.79 Å². The molecule has 1 saturated heterocycles. The molecule has 0 atom stereocenters. The van der Waals surface area contributed by atoms with Gasteiger partial charge in [0, 0.05) is 44.1 Å². The van der Waals surface area contributed by atoms with Crippen LogP contribution in [0.3, 0.4) is 0 Å². The van der Waals surface area contributed by atoms with Crippen LogP contribution in [0.5, 0.6) is 0 Å². The largest absolute Gasteiger partial charge is 0.356 e. The van der Waals surface area contributed by atoms with Crippen LogP contribution in [0.25, 0.3) is 5.78 Å². The average Bonchev–Trinajstić information content (AvgIpc) is 2.96. The van der Waals surface area contributed by atoms with Crippen molar-refractivity contribution in [3.05, 3.63) is 17.6 Å². The molecule has 2 aromatic heterocycles. The van der Waals surface area contributed by atoms with Crippen molar-refractivity contribution in [3.8, 4) is 0 Å². The van der Waals surface area contributed by atoms with Gasteiger partial charge in [0.05, 0.1) is 6.54 Å². The molecule has 2 aromatic rings. The number of amides is 1. The van der Waals surface area contributed by atoms with Gasteiger partial charge in [0.2, 0.25) is 5.91 Å². The predicted octanol–water partition coefficient (Wildman–Crippen LogP) is 1.19. The van der Waals surface area contributed by atoms with E-state index in [4.69, 9.17) is 0 Å². The van der Waals surface area contributed by atoms with E-state index in [1.807, 2.05) is 13.8 Å². The van der Waals surface area contributed by atoms with Gasteiger partial charge in [-0.15, -0.1) is 0 Å². The van der Waals surface area contributed by atoms with Crippen LogP contribution < -0.4 is 10.2 Å². The van der Waals surface area contributed by atoms with Crippen molar-refractivity contribution < 1.29 is 9.18 Å². The quantitative estimate of drug-likeness (QED) is 0.919.